The van der Waals surface area contributed by atoms with Crippen molar-refractivity contribution in [1.29, 1.82) is 0 Å². The molecule has 0 saturated heterocycles. The van der Waals surface area contributed by atoms with E-state index in [2.05, 4.69) is 15.0 Å². The van der Waals surface area contributed by atoms with E-state index < -0.39 is 0 Å². The van der Waals surface area contributed by atoms with Crippen molar-refractivity contribution in [2.24, 2.45) is 0 Å². The van der Waals surface area contributed by atoms with Gasteiger partial charge in [0, 0.05) is 6.20 Å². The van der Waals surface area contributed by atoms with E-state index in [0.717, 1.165) is 16.9 Å². The second kappa shape index (κ2) is 4.50. The minimum absolute atomic E-state index is 0.783. The lowest BCUT2D eigenvalue weighted by Crippen LogP contribution is -1.88. The SMILES string of the molecule is CC.Cc1ncc2ncccc2n1. The summed E-state index contributed by atoms with van der Waals surface area (Å²) in [6.07, 6.45) is 3.47. The van der Waals surface area contributed by atoms with E-state index in [9.17, 15) is 0 Å². The molecule has 0 bridgehead atoms. The topological polar surface area (TPSA) is 38.7 Å². The standard InChI is InChI=1S/C8H7N3.C2H6/c1-6-10-5-8-7(11-6)3-2-4-9-8;1-2/h2-5H,1H3;1-2H3. The predicted molar refractivity (Wildman–Crippen MR) is 53.4 cm³/mol. The van der Waals surface area contributed by atoms with Crippen LogP contribution < -0.4 is 0 Å². The van der Waals surface area contributed by atoms with Gasteiger partial charge in [-0.1, -0.05) is 13.8 Å². The number of fused-ring (bicyclic) bond motifs is 1. The summed E-state index contributed by atoms with van der Waals surface area (Å²) in [6, 6.07) is 3.80. The fraction of sp³-hybridized carbons (Fsp3) is 0.300. The van der Waals surface area contributed by atoms with Gasteiger partial charge >= 0.3 is 0 Å². The first-order valence-electron chi connectivity index (χ1n) is 4.40. The Morgan fingerprint density at radius 2 is 1.85 bits per heavy atom. The van der Waals surface area contributed by atoms with Crippen LogP contribution in [0.3, 0.4) is 0 Å². The molecule has 0 spiro atoms. The fourth-order valence-electron chi connectivity index (χ4n) is 0.961. The molecule has 0 amide bonds. The molecule has 0 saturated carbocycles. The molecular formula is C10H13N3. The van der Waals surface area contributed by atoms with Crippen LogP contribution in [-0.4, -0.2) is 15.0 Å². The van der Waals surface area contributed by atoms with Gasteiger partial charge in [0.1, 0.15) is 11.3 Å². The van der Waals surface area contributed by atoms with E-state index in [0.29, 0.717) is 0 Å². The molecule has 0 atom stereocenters. The van der Waals surface area contributed by atoms with Crippen LogP contribution in [0.15, 0.2) is 24.5 Å². The highest BCUT2D eigenvalue weighted by atomic mass is 14.9. The molecule has 68 valence electrons. The van der Waals surface area contributed by atoms with Gasteiger partial charge in [-0.15, -0.1) is 0 Å². The van der Waals surface area contributed by atoms with Gasteiger partial charge in [-0.05, 0) is 19.1 Å². The summed E-state index contributed by atoms with van der Waals surface area (Å²) in [5, 5.41) is 0. The molecule has 0 aliphatic carbocycles. The largest absolute Gasteiger partial charge is 0.253 e. The van der Waals surface area contributed by atoms with Crippen LogP contribution in [0.1, 0.15) is 19.7 Å². The summed E-state index contributed by atoms with van der Waals surface area (Å²) >= 11 is 0. The third kappa shape index (κ3) is 2.21. The molecule has 0 unspecified atom stereocenters. The molecule has 0 aromatic carbocycles. The number of rotatable bonds is 0. The van der Waals surface area contributed by atoms with Crippen molar-refractivity contribution in [2.45, 2.75) is 20.8 Å². The van der Waals surface area contributed by atoms with Crippen molar-refractivity contribution in [3.63, 3.8) is 0 Å². The Bertz CT molecular complexity index is 385. The molecule has 0 aliphatic heterocycles. The van der Waals surface area contributed by atoms with Crippen LogP contribution in [0, 0.1) is 6.92 Å². The van der Waals surface area contributed by atoms with Gasteiger partial charge in [-0.25, -0.2) is 9.97 Å². The summed E-state index contributed by atoms with van der Waals surface area (Å²) in [7, 11) is 0. The number of aryl methyl sites for hydroxylation is 1. The van der Waals surface area contributed by atoms with E-state index in [-0.39, 0.29) is 0 Å². The van der Waals surface area contributed by atoms with Gasteiger partial charge in [0.05, 0.1) is 11.7 Å². The zero-order chi connectivity index (χ0) is 9.68. The minimum atomic E-state index is 0.783. The highest BCUT2D eigenvalue weighted by Gasteiger charge is 1.93. The second-order valence-corrected chi connectivity index (χ2v) is 2.32. The quantitative estimate of drug-likeness (QED) is 0.617. The second-order valence-electron chi connectivity index (χ2n) is 2.32. The van der Waals surface area contributed by atoms with Gasteiger partial charge in [0.2, 0.25) is 0 Å². The monoisotopic (exact) mass is 175 g/mol. The van der Waals surface area contributed by atoms with E-state index >= 15 is 0 Å². The van der Waals surface area contributed by atoms with Crippen molar-refractivity contribution in [3.05, 3.63) is 30.4 Å². The molecule has 0 aliphatic rings. The highest BCUT2D eigenvalue weighted by molar-refractivity contribution is 5.72. The van der Waals surface area contributed by atoms with Crippen molar-refractivity contribution in [1.82, 2.24) is 15.0 Å². The smallest absolute Gasteiger partial charge is 0.126 e. The maximum absolute atomic E-state index is 4.20. The molecule has 0 radical (unpaired) electrons. The summed E-state index contributed by atoms with van der Waals surface area (Å²) in [4.78, 5) is 12.3. The van der Waals surface area contributed by atoms with Gasteiger partial charge in [0.25, 0.3) is 0 Å². The summed E-state index contributed by atoms with van der Waals surface area (Å²) in [6.45, 7) is 5.87. The molecule has 0 fully saturated rings. The van der Waals surface area contributed by atoms with E-state index in [1.807, 2.05) is 32.9 Å². The molecule has 2 aromatic rings. The third-order valence-corrected chi connectivity index (χ3v) is 1.47. The zero-order valence-corrected chi connectivity index (χ0v) is 8.15. The van der Waals surface area contributed by atoms with E-state index in [1.165, 1.54) is 0 Å². The Balaban J connectivity index is 0.000000396. The first-order chi connectivity index (χ1) is 6.36. The van der Waals surface area contributed by atoms with Crippen LogP contribution in [0.5, 0.6) is 0 Å². The number of aromatic nitrogens is 3. The van der Waals surface area contributed by atoms with E-state index in [4.69, 9.17) is 0 Å². The Morgan fingerprint density at radius 1 is 1.08 bits per heavy atom. The zero-order valence-electron chi connectivity index (χ0n) is 8.15. The Morgan fingerprint density at radius 3 is 2.62 bits per heavy atom. The van der Waals surface area contributed by atoms with Crippen LogP contribution >= 0.6 is 0 Å². The lowest BCUT2D eigenvalue weighted by atomic mass is 10.4. The summed E-state index contributed by atoms with van der Waals surface area (Å²) in [5.74, 6) is 0.783. The molecule has 2 rings (SSSR count). The van der Waals surface area contributed by atoms with Crippen molar-refractivity contribution in [2.75, 3.05) is 0 Å². The molecule has 3 heteroatoms. The molecule has 13 heavy (non-hydrogen) atoms. The van der Waals surface area contributed by atoms with Crippen molar-refractivity contribution < 1.29 is 0 Å². The maximum Gasteiger partial charge on any atom is 0.126 e. The van der Waals surface area contributed by atoms with Crippen molar-refractivity contribution in [3.8, 4) is 0 Å². The first-order valence-corrected chi connectivity index (χ1v) is 4.40. The number of hydrogen-bond donors (Lipinski definition) is 0. The minimum Gasteiger partial charge on any atom is -0.253 e. The normalized spacial score (nSPS) is 9.15. The number of pyridine rings is 1. The maximum atomic E-state index is 4.20. The molecule has 3 nitrogen and oxygen atoms in total. The Labute approximate surface area is 77.9 Å². The third-order valence-electron chi connectivity index (χ3n) is 1.47. The Hall–Kier alpha value is -1.51. The summed E-state index contributed by atoms with van der Waals surface area (Å²) < 4.78 is 0. The molecular weight excluding hydrogens is 162 g/mol. The number of nitrogens with zero attached hydrogens (tertiary/aromatic N) is 3. The van der Waals surface area contributed by atoms with Gasteiger partial charge < -0.3 is 0 Å². The molecule has 2 heterocycles. The van der Waals surface area contributed by atoms with Gasteiger partial charge in [0.15, 0.2) is 0 Å². The van der Waals surface area contributed by atoms with Crippen LogP contribution in [0.2, 0.25) is 0 Å². The van der Waals surface area contributed by atoms with Gasteiger partial charge in [-0.3, -0.25) is 4.98 Å². The number of hydrogen-bond acceptors (Lipinski definition) is 3. The predicted octanol–water partition coefficient (Wildman–Crippen LogP) is 2.36. The van der Waals surface area contributed by atoms with Gasteiger partial charge in [-0.2, -0.15) is 0 Å². The average Bonchev–Trinajstić information content (AvgIpc) is 2.21. The molecule has 0 N–H and O–H groups in total. The average molecular weight is 175 g/mol. The highest BCUT2D eigenvalue weighted by Crippen LogP contribution is 2.04. The first kappa shape index (κ1) is 9.58. The lowest BCUT2D eigenvalue weighted by molar-refractivity contribution is 1.08. The Kier molecular flexibility index (Phi) is 3.31. The van der Waals surface area contributed by atoms with E-state index in [1.54, 1.807) is 12.4 Å². The fourth-order valence-corrected chi connectivity index (χ4v) is 0.961. The summed E-state index contributed by atoms with van der Waals surface area (Å²) in [5.41, 5.74) is 1.75. The van der Waals surface area contributed by atoms with Crippen molar-refractivity contribution >= 4 is 11.0 Å². The van der Waals surface area contributed by atoms with Crippen LogP contribution in [-0.2, 0) is 0 Å². The molecule has 2 aromatic heterocycles. The lowest BCUT2D eigenvalue weighted by Gasteiger charge is -1.94. The van der Waals surface area contributed by atoms with Crippen LogP contribution in [0.4, 0.5) is 0 Å². The van der Waals surface area contributed by atoms with Crippen LogP contribution in [0.25, 0.3) is 11.0 Å².